The molecule has 0 unspecified atom stereocenters. The number of nitrogens with zero attached hydrogens (tertiary/aromatic N) is 2. The average molecular weight is 408 g/mol. The number of thioether (sulfide) groups is 1. The molecule has 6 heteroatoms. The number of pyridine rings is 1. The number of hydrogen-bond donors (Lipinski definition) is 2. The van der Waals surface area contributed by atoms with E-state index in [4.69, 9.17) is 0 Å². The van der Waals surface area contributed by atoms with Crippen molar-refractivity contribution >= 4 is 41.7 Å². The summed E-state index contributed by atoms with van der Waals surface area (Å²) in [5.41, 5.74) is 0.988. The van der Waals surface area contributed by atoms with Crippen LogP contribution in [0.25, 0.3) is 0 Å². The molecule has 0 aromatic carbocycles. The number of aliphatic imine (C=N–C) groups is 1. The third-order valence-corrected chi connectivity index (χ3v) is 3.23. The Bertz CT molecular complexity index is 359. The summed E-state index contributed by atoms with van der Waals surface area (Å²) in [5, 5.41) is 6.60. The van der Waals surface area contributed by atoms with Gasteiger partial charge in [0, 0.05) is 19.3 Å². The number of rotatable bonds is 8. The van der Waals surface area contributed by atoms with Crippen LogP contribution in [-0.4, -0.2) is 36.0 Å². The van der Waals surface area contributed by atoms with Crippen molar-refractivity contribution in [2.24, 2.45) is 4.99 Å². The molecular formula is C14H25IN4S. The van der Waals surface area contributed by atoms with Crippen molar-refractivity contribution in [3.8, 4) is 0 Å². The minimum atomic E-state index is 0. The second-order valence-electron chi connectivity index (χ2n) is 4.14. The van der Waals surface area contributed by atoms with Crippen molar-refractivity contribution in [3.05, 3.63) is 30.1 Å². The van der Waals surface area contributed by atoms with E-state index >= 15 is 0 Å². The number of guanidine groups is 1. The van der Waals surface area contributed by atoms with Crippen LogP contribution < -0.4 is 10.6 Å². The number of nitrogens with one attached hydrogen (secondary N) is 2. The van der Waals surface area contributed by atoms with Gasteiger partial charge in [0.1, 0.15) is 0 Å². The topological polar surface area (TPSA) is 49.3 Å². The molecular weight excluding hydrogens is 383 g/mol. The molecule has 2 N–H and O–H groups in total. The van der Waals surface area contributed by atoms with E-state index in [1.807, 2.05) is 30.0 Å². The van der Waals surface area contributed by atoms with E-state index in [2.05, 4.69) is 33.8 Å². The van der Waals surface area contributed by atoms with Crippen LogP contribution in [-0.2, 0) is 6.54 Å². The van der Waals surface area contributed by atoms with Crippen LogP contribution in [0.15, 0.2) is 29.4 Å². The fourth-order valence-corrected chi connectivity index (χ4v) is 2.06. The predicted molar refractivity (Wildman–Crippen MR) is 100 cm³/mol. The molecule has 1 heterocycles. The first-order chi connectivity index (χ1) is 9.36. The van der Waals surface area contributed by atoms with Gasteiger partial charge in [-0.3, -0.25) is 4.98 Å². The molecule has 0 fully saturated rings. The highest BCUT2D eigenvalue weighted by Crippen LogP contribution is 1.98. The summed E-state index contributed by atoms with van der Waals surface area (Å²) in [6, 6.07) is 5.90. The van der Waals surface area contributed by atoms with Crippen molar-refractivity contribution in [1.82, 2.24) is 15.6 Å². The summed E-state index contributed by atoms with van der Waals surface area (Å²) >= 11 is 1.90. The maximum Gasteiger partial charge on any atom is 0.191 e. The van der Waals surface area contributed by atoms with Gasteiger partial charge in [0.25, 0.3) is 0 Å². The van der Waals surface area contributed by atoms with Gasteiger partial charge in [0.05, 0.1) is 12.2 Å². The summed E-state index contributed by atoms with van der Waals surface area (Å²) in [6.07, 6.45) is 6.36. The van der Waals surface area contributed by atoms with Gasteiger partial charge >= 0.3 is 0 Å². The van der Waals surface area contributed by atoms with Gasteiger partial charge in [0.15, 0.2) is 5.96 Å². The zero-order valence-electron chi connectivity index (χ0n) is 12.3. The Labute approximate surface area is 143 Å². The van der Waals surface area contributed by atoms with E-state index in [0.29, 0.717) is 6.54 Å². The van der Waals surface area contributed by atoms with Crippen molar-refractivity contribution in [3.63, 3.8) is 0 Å². The maximum absolute atomic E-state index is 4.53. The van der Waals surface area contributed by atoms with E-state index < -0.39 is 0 Å². The third-order valence-electron chi connectivity index (χ3n) is 2.54. The molecule has 0 amide bonds. The second-order valence-corrected chi connectivity index (χ2v) is 5.13. The molecule has 0 saturated heterocycles. The van der Waals surface area contributed by atoms with Crippen LogP contribution in [0.1, 0.15) is 25.5 Å². The standard InChI is InChI=1S/C14H24N4S.HI/c1-3-15-14(17-10-6-7-11-19-2)18-12-13-8-4-5-9-16-13;/h4-5,8-9H,3,6-7,10-12H2,1-2H3,(H2,15,17,18);1H. The van der Waals surface area contributed by atoms with Gasteiger partial charge < -0.3 is 10.6 Å². The minimum Gasteiger partial charge on any atom is -0.357 e. The maximum atomic E-state index is 4.53. The molecule has 0 aliphatic heterocycles. The van der Waals surface area contributed by atoms with Crippen LogP contribution in [0, 0.1) is 0 Å². The van der Waals surface area contributed by atoms with Crippen molar-refractivity contribution < 1.29 is 0 Å². The number of hydrogen-bond acceptors (Lipinski definition) is 3. The highest BCUT2D eigenvalue weighted by Gasteiger charge is 1.97. The Morgan fingerprint density at radius 2 is 2.15 bits per heavy atom. The molecule has 0 radical (unpaired) electrons. The molecule has 1 aromatic rings. The Morgan fingerprint density at radius 1 is 1.30 bits per heavy atom. The lowest BCUT2D eigenvalue weighted by atomic mass is 10.3. The Balaban J connectivity index is 0.00000361. The zero-order valence-corrected chi connectivity index (χ0v) is 15.4. The lowest BCUT2D eigenvalue weighted by Gasteiger charge is -2.10. The fourth-order valence-electron chi connectivity index (χ4n) is 1.57. The monoisotopic (exact) mass is 408 g/mol. The quantitative estimate of drug-likeness (QED) is 0.301. The number of aromatic nitrogens is 1. The number of halogens is 1. The smallest absolute Gasteiger partial charge is 0.191 e. The van der Waals surface area contributed by atoms with Gasteiger partial charge in [0.2, 0.25) is 0 Å². The summed E-state index contributed by atoms with van der Waals surface area (Å²) < 4.78 is 0. The summed E-state index contributed by atoms with van der Waals surface area (Å²) in [6.45, 7) is 4.53. The Hall–Kier alpha value is -0.500. The molecule has 0 saturated carbocycles. The largest absolute Gasteiger partial charge is 0.357 e. The van der Waals surface area contributed by atoms with E-state index in [1.165, 1.54) is 18.6 Å². The van der Waals surface area contributed by atoms with Gasteiger partial charge in [-0.25, -0.2) is 4.99 Å². The zero-order chi connectivity index (χ0) is 13.8. The second kappa shape index (κ2) is 13.5. The molecule has 0 bridgehead atoms. The molecule has 1 aromatic heterocycles. The van der Waals surface area contributed by atoms with Crippen molar-refractivity contribution in [2.45, 2.75) is 26.3 Å². The van der Waals surface area contributed by atoms with E-state index in [9.17, 15) is 0 Å². The highest BCUT2D eigenvalue weighted by molar-refractivity contribution is 14.0. The van der Waals surface area contributed by atoms with Gasteiger partial charge in [-0.15, -0.1) is 24.0 Å². The third kappa shape index (κ3) is 9.41. The van der Waals surface area contributed by atoms with Crippen LogP contribution in [0.2, 0.25) is 0 Å². The van der Waals surface area contributed by atoms with Crippen LogP contribution in [0.4, 0.5) is 0 Å². The molecule has 1 rings (SSSR count). The molecule has 0 aliphatic rings. The lowest BCUT2D eigenvalue weighted by molar-refractivity contribution is 0.733. The lowest BCUT2D eigenvalue weighted by Crippen LogP contribution is -2.37. The molecule has 0 spiro atoms. The number of unbranched alkanes of at least 4 members (excludes halogenated alkanes) is 1. The molecule has 0 aliphatic carbocycles. The highest BCUT2D eigenvalue weighted by atomic mass is 127. The van der Waals surface area contributed by atoms with E-state index in [1.54, 1.807) is 6.20 Å². The first-order valence-corrected chi connectivity index (χ1v) is 8.17. The summed E-state index contributed by atoms with van der Waals surface area (Å²) in [4.78, 5) is 8.79. The van der Waals surface area contributed by atoms with Crippen LogP contribution in [0.5, 0.6) is 0 Å². The SMILES string of the molecule is CCNC(=NCc1ccccn1)NCCCCSC.I. The van der Waals surface area contributed by atoms with Gasteiger partial charge in [-0.2, -0.15) is 11.8 Å². The fraction of sp³-hybridized carbons (Fsp3) is 0.571. The molecule has 20 heavy (non-hydrogen) atoms. The van der Waals surface area contributed by atoms with Gasteiger partial charge in [-0.1, -0.05) is 6.07 Å². The first kappa shape index (κ1) is 19.5. The summed E-state index contributed by atoms with van der Waals surface area (Å²) in [7, 11) is 0. The van der Waals surface area contributed by atoms with Gasteiger partial charge in [-0.05, 0) is 43.9 Å². The molecule has 4 nitrogen and oxygen atoms in total. The van der Waals surface area contributed by atoms with Crippen molar-refractivity contribution in [2.75, 3.05) is 25.1 Å². The summed E-state index contributed by atoms with van der Waals surface area (Å²) in [5.74, 6) is 2.10. The molecule has 0 atom stereocenters. The Morgan fingerprint density at radius 3 is 2.80 bits per heavy atom. The average Bonchev–Trinajstić information content (AvgIpc) is 2.45. The minimum absolute atomic E-state index is 0. The Kier molecular flexibility index (Phi) is 13.1. The molecule has 114 valence electrons. The normalized spacial score (nSPS) is 10.8. The van der Waals surface area contributed by atoms with Crippen LogP contribution in [0.3, 0.4) is 0 Å². The predicted octanol–water partition coefficient (Wildman–Crippen LogP) is 2.90. The van der Waals surface area contributed by atoms with Crippen molar-refractivity contribution in [1.29, 1.82) is 0 Å². The van der Waals surface area contributed by atoms with Crippen LogP contribution >= 0.6 is 35.7 Å². The van der Waals surface area contributed by atoms with E-state index in [-0.39, 0.29) is 24.0 Å². The van der Waals surface area contributed by atoms with E-state index in [0.717, 1.165) is 24.7 Å². The first-order valence-electron chi connectivity index (χ1n) is 6.78.